The number of aliphatic hydroxyl groups is 1. The lowest BCUT2D eigenvalue weighted by Crippen LogP contribution is -2.44. The minimum Gasteiger partial charge on any atom is -0.406 e. The minimum atomic E-state index is -4.75. The fourth-order valence-electron chi connectivity index (χ4n) is 4.11. The number of ether oxygens (including phenoxy) is 1. The lowest BCUT2D eigenvalue weighted by molar-refractivity contribution is -0.274. The second kappa shape index (κ2) is 7.68. The Morgan fingerprint density at radius 1 is 1.14 bits per heavy atom. The van der Waals surface area contributed by atoms with Crippen LogP contribution in [0, 0.1) is 10.8 Å². The van der Waals surface area contributed by atoms with Crippen molar-refractivity contribution in [2.45, 2.75) is 46.2 Å². The quantitative estimate of drug-likeness (QED) is 0.787. The van der Waals surface area contributed by atoms with Gasteiger partial charge in [0, 0.05) is 42.7 Å². The number of nitrogens with zero attached hydrogens (tertiary/aromatic N) is 2. The average Bonchev–Trinajstić information content (AvgIpc) is 3.21. The molecule has 2 N–H and O–H groups in total. The minimum absolute atomic E-state index is 0.0199. The van der Waals surface area contributed by atoms with Gasteiger partial charge in [-0.25, -0.2) is 4.79 Å². The molecular weight excluding hydrogens is 387 g/mol. The van der Waals surface area contributed by atoms with Crippen molar-refractivity contribution in [2.75, 3.05) is 31.5 Å². The van der Waals surface area contributed by atoms with Crippen LogP contribution >= 0.6 is 0 Å². The smallest absolute Gasteiger partial charge is 0.406 e. The first-order valence-electron chi connectivity index (χ1n) is 9.71. The normalized spacial score (nSPS) is 24.2. The van der Waals surface area contributed by atoms with Crippen molar-refractivity contribution < 1.29 is 27.8 Å². The molecule has 6 nitrogen and oxygen atoms in total. The molecule has 9 heteroatoms. The molecule has 0 saturated carbocycles. The zero-order valence-electron chi connectivity index (χ0n) is 16.9. The predicted molar refractivity (Wildman–Crippen MR) is 102 cm³/mol. The molecule has 1 aromatic rings. The van der Waals surface area contributed by atoms with Crippen LogP contribution in [0.2, 0.25) is 0 Å². The summed E-state index contributed by atoms with van der Waals surface area (Å²) in [4.78, 5) is 16.4. The molecule has 0 radical (unpaired) electrons. The fraction of sp³-hybridized carbons (Fsp3) is 0.650. The van der Waals surface area contributed by atoms with Gasteiger partial charge in [-0.2, -0.15) is 0 Å². The topological polar surface area (TPSA) is 65.0 Å². The number of carbonyl (C=O) groups excluding carboxylic acids is 1. The Labute approximate surface area is 168 Å². The molecule has 0 aliphatic carbocycles. The van der Waals surface area contributed by atoms with E-state index in [4.69, 9.17) is 0 Å². The van der Waals surface area contributed by atoms with Crippen LogP contribution in [0.1, 0.15) is 33.6 Å². The summed E-state index contributed by atoms with van der Waals surface area (Å²) < 4.78 is 40.5. The van der Waals surface area contributed by atoms with Gasteiger partial charge in [-0.05, 0) is 37.1 Å². The van der Waals surface area contributed by atoms with Crippen molar-refractivity contribution in [3.63, 3.8) is 0 Å². The predicted octanol–water partition coefficient (Wildman–Crippen LogP) is 3.88. The molecule has 2 aliphatic heterocycles. The van der Waals surface area contributed by atoms with Gasteiger partial charge in [0.15, 0.2) is 0 Å². The first-order valence-corrected chi connectivity index (χ1v) is 9.71. The van der Waals surface area contributed by atoms with E-state index in [-0.39, 0.29) is 22.6 Å². The molecule has 162 valence electrons. The Balaban J connectivity index is 1.55. The van der Waals surface area contributed by atoms with Crippen LogP contribution in [0.4, 0.5) is 23.7 Å². The third-order valence-electron chi connectivity index (χ3n) is 5.65. The summed E-state index contributed by atoms with van der Waals surface area (Å²) in [5.74, 6) is -0.334. The molecule has 2 amide bonds. The van der Waals surface area contributed by atoms with Crippen LogP contribution in [-0.2, 0) is 0 Å². The van der Waals surface area contributed by atoms with E-state index in [0.717, 1.165) is 38.1 Å². The highest BCUT2D eigenvalue weighted by Gasteiger charge is 2.47. The second-order valence-corrected chi connectivity index (χ2v) is 9.13. The summed E-state index contributed by atoms with van der Waals surface area (Å²) in [5, 5.41) is 13.3. The Morgan fingerprint density at radius 3 is 2.34 bits per heavy atom. The van der Waals surface area contributed by atoms with E-state index in [1.54, 1.807) is 4.90 Å². The van der Waals surface area contributed by atoms with Crippen molar-refractivity contribution in [3.8, 4) is 5.75 Å². The summed E-state index contributed by atoms with van der Waals surface area (Å²) in [5.41, 5.74) is 0.152. The van der Waals surface area contributed by atoms with Gasteiger partial charge in [0.2, 0.25) is 0 Å². The van der Waals surface area contributed by atoms with E-state index in [0.29, 0.717) is 18.8 Å². The third-order valence-corrected chi connectivity index (χ3v) is 5.65. The van der Waals surface area contributed by atoms with Crippen LogP contribution in [0.5, 0.6) is 5.75 Å². The summed E-state index contributed by atoms with van der Waals surface area (Å²) in [6.07, 6.45) is -3.48. The molecule has 2 atom stereocenters. The highest BCUT2D eigenvalue weighted by atomic mass is 19.4. The van der Waals surface area contributed by atoms with E-state index in [9.17, 15) is 23.1 Å². The maximum atomic E-state index is 12.6. The largest absolute Gasteiger partial charge is 0.573 e. The molecular formula is C20H28F3N3O3. The van der Waals surface area contributed by atoms with E-state index >= 15 is 0 Å². The van der Waals surface area contributed by atoms with E-state index in [2.05, 4.69) is 15.0 Å². The molecule has 1 aromatic carbocycles. The molecule has 3 rings (SSSR count). The second-order valence-electron chi connectivity index (χ2n) is 9.13. The number of urea groups is 1. The summed E-state index contributed by atoms with van der Waals surface area (Å²) >= 11 is 0. The lowest BCUT2D eigenvalue weighted by Gasteiger charge is -2.34. The monoisotopic (exact) mass is 415 g/mol. The first kappa shape index (κ1) is 21.7. The number of hydrogen-bond donors (Lipinski definition) is 2. The van der Waals surface area contributed by atoms with Gasteiger partial charge in [0.1, 0.15) is 12.0 Å². The van der Waals surface area contributed by atoms with E-state index in [1.165, 1.54) is 12.1 Å². The number of hydrogen-bond acceptors (Lipinski definition) is 4. The Bertz CT molecular complexity index is 733. The molecule has 29 heavy (non-hydrogen) atoms. The summed E-state index contributed by atoms with van der Waals surface area (Å²) in [6.45, 7) is 8.77. The van der Waals surface area contributed by atoms with Crippen LogP contribution in [0.3, 0.4) is 0 Å². The Kier molecular flexibility index (Phi) is 5.75. The number of aliphatic hydroxyl groups excluding tert-OH is 1. The molecule has 0 aromatic heterocycles. The number of anilines is 1. The van der Waals surface area contributed by atoms with Crippen molar-refractivity contribution in [1.29, 1.82) is 0 Å². The van der Waals surface area contributed by atoms with Crippen LogP contribution in [0.25, 0.3) is 0 Å². The maximum Gasteiger partial charge on any atom is 0.573 e. The zero-order chi connectivity index (χ0) is 21.4. The highest BCUT2D eigenvalue weighted by Crippen LogP contribution is 2.41. The fourth-order valence-corrected chi connectivity index (χ4v) is 4.11. The van der Waals surface area contributed by atoms with Gasteiger partial charge in [-0.15, -0.1) is 13.2 Å². The molecule has 2 fully saturated rings. The number of alkyl halides is 3. The van der Waals surface area contributed by atoms with Crippen molar-refractivity contribution in [2.24, 2.45) is 10.8 Å². The van der Waals surface area contributed by atoms with Gasteiger partial charge in [-0.1, -0.05) is 20.8 Å². The molecule has 2 heterocycles. The zero-order valence-corrected chi connectivity index (χ0v) is 16.9. The Morgan fingerprint density at radius 2 is 1.76 bits per heavy atom. The van der Waals surface area contributed by atoms with Crippen LogP contribution < -0.4 is 10.1 Å². The van der Waals surface area contributed by atoms with Gasteiger partial charge < -0.3 is 20.1 Å². The molecule has 2 unspecified atom stereocenters. The van der Waals surface area contributed by atoms with Crippen LogP contribution in [0.15, 0.2) is 24.3 Å². The third kappa shape index (κ3) is 5.33. The number of halogens is 3. The maximum absolute atomic E-state index is 12.6. The molecule has 1 spiro atoms. The number of rotatable bonds is 3. The molecule has 0 bridgehead atoms. The van der Waals surface area contributed by atoms with Gasteiger partial charge in [0.25, 0.3) is 0 Å². The number of benzene rings is 1. The van der Waals surface area contributed by atoms with Gasteiger partial charge in [-0.3, -0.25) is 4.90 Å². The van der Waals surface area contributed by atoms with Gasteiger partial charge in [0.05, 0.1) is 0 Å². The standard InChI is InChI=1S/C20H28F3N3O3/c1-18(2,3)16(27)25-10-8-19(12-25)9-11-26(13-19)17(28)24-14-4-6-15(7-5-14)29-20(21,22)23/h4-7,16,27H,8-13H2,1-3H3,(H,24,28). The summed E-state index contributed by atoms with van der Waals surface area (Å²) in [6, 6.07) is 4.80. The number of carbonyl (C=O) groups is 1. The van der Waals surface area contributed by atoms with E-state index in [1.807, 2.05) is 20.8 Å². The van der Waals surface area contributed by atoms with Crippen molar-refractivity contribution in [3.05, 3.63) is 24.3 Å². The van der Waals surface area contributed by atoms with E-state index < -0.39 is 12.6 Å². The average molecular weight is 415 g/mol. The first-order chi connectivity index (χ1) is 13.4. The number of likely N-dealkylation sites (tertiary alicyclic amines) is 2. The number of nitrogens with one attached hydrogen (secondary N) is 1. The Hall–Kier alpha value is -2.00. The van der Waals surface area contributed by atoms with Gasteiger partial charge >= 0.3 is 12.4 Å². The molecule has 2 aliphatic rings. The lowest BCUT2D eigenvalue weighted by atomic mass is 9.86. The highest BCUT2D eigenvalue weighted by molar-refractivity contribution is 5.89. The van der Waals surface area contributed by atoms with Crippen molar-refractivity contribution >= 4 is 11.7 Å². The molecule has 2 saturated heterocycles. The summed E-state index contributed by atoms with van der Waals surface area (Å²) in [7, 11) is 0. The SMILES string of the molecule is CC(C)(C)C(O)N1CCC2(CCN(C(=O)Nc3ccc(OC(F)(F)F)cc3)C2)C1. The van der Waals surface area contributed by atoms with Crippen molar-refractivity contribution in [1.82, 2.24) is 9.80 Å². The number of amides is 2. The van der Waals surface area contributed by atoms with Crippen LogP contribution in [-0.4, -0.2) is 59.7 Å².